The van der Waals surface area contributed by atoms with Crippen LogP contribution < -0.4 is 5.32 Å². The lowest BCUT2D eigenvalue weighted by molar-refractivity contribution is -0.124. The highest BCUT2D eigenvalue weighted by Gasteiger charge is 2.39. The van der Waals surface area contributed by atoms with Gasteiger partial charge in [0.05, 0.1) is 4.90 Å². The highest BCUT2D eigenvalue weighted by atomic mass is 32.2. The van der Waals surface area contributed by atoms with Crippen LogP contribution in [0.25, 0.3) is 0 Å². The minimum atomic E-state index is -3.79. The van der Waals surface area contributed by atoms with E-state index in [1.807, 2.05) is 36.4 Å². The molecule has 1 aliphatic rings. The summed E-state index contributed by atoms with van der Waals surface area (Å²) in [6.07, 6.45) is 1.37. The van der Waals surface area contributed by atoms with Crippen molar-refractivity contribution in [3.8, 4) is 0 Å². The van der Waals surface area contributed by atoms with E-state index in [0.29, 0.717) is 12.3 Å². The van der Waals surface area contributed by atoms with Gasteiger partial charge in [0.15, 0.2) is 0 Å². The van der Waals surface area contributed by atoms with Gasteiger partial charge in [-0.15, -0.1) is 0 Å². The summed E-state index contributed by atoms with van der Waals surface area (Å²) in [5, 5.41) is 2.61. The van der Waals surface area contributed by atoms with Crippen LogP contribution in [0.2, 0.25) is 0 Å². The van der Waals surface area contributed by atoms with E-state index in [4.69, 9.17) is 0 Å². The van der Waals surface area contributed by atoms with E-state index in [0.717, 1.165) is 23.1 Å². The van der Waals surface area contributed by atoms with E-state index < -0.39 is 16.1 Å². The number of carbonyl (C=O) groups excluding carboxylic acids is 1. The van der Waals surface area contributed by atoms with Crippen LogP contribution >= 0.6 is 0 Å². The van der Waals surface area contributed by atoms with Crippen LogP contribution in [0.3, 0.4) is 0 Å². The maximum atomic E-state index is 13.3. The maximum Gasteiger partial charge on any atom is 0.244 e. The molecule has 0 radical (unpaired) electrons. The first-order valence-corrected chi connectivity index (χ1v) is 10.7. The number of rotatable bonds is 5. The summed E-state index contributed by atoms with van der Waals surface area (Å²) in [6.45, 7) is 4.42. The van der Waals surface area contributed by atoms with Crippen molar-refractivity contribution in [3.05, 3.63) is 65.2 Å². The molecule has 144 valence electrons. The highest BCUT2D eigenvalue weighted by molar-refractivity contribution is 7.89. The first-order valence-electron chi connectivity index (χ1n) is 9.28. The van der Waals surface area contributed by atoms with Gasteiger partial charge in [-0.25, -0.2) is 8.42 Å². The van der Waals surface area contributed by atoms with Crippen molar-refractivity contribution in [1.82, 2.24) is 9.62 Å². The SMILES string of the molecule is CCC(C)c1ccc(S(=O)(=O)N2Cc3ccccc3CC2C(=O)NC)cc1. The molecule has 1 N–H and O–H groups in total. The van der Waals surface area contributed by atoms with Crippen LogP contribution in [0, 0.1) is 0 Å². The first-order chi connectivity index (χ1) is 12.9. The number of likely N-dealkylation sites (N-methyl/N-ethyl adjacent to an activating group) is 1. The molecule has 3 rings (SSSR count). The molecule has 2 unspecified atom stereocenters. The number of sulfonamides is 1. The standard InChI is InChI=1S/C21H26N2O3S/c1-4-15(2)16-9-11-19(12-10-16)27(25,26)23-14-18-8-6-5-7-17(18)13-20(23)21(24)22-3/h5-12,15,20H,4,13-14H2,1-3H3,(H,22,24). The van der Waals surface area contributed by atoms with Gasteiger partial charge in [-0.2, -0.15) is 4.31 Å². The molecule has 1 aliphatic heterocycles. The highest BCUT2D eigenvalue weighted by Crippen LogP contribution is 2.30. The summed E-state index contributed by atoms with van der Waals surface area (Å²) in [5.74, 6) is 0.0894. The van der Waals surface area contributed by atoms with Crippen molar-refractivity contribution in [3.63, 3.8) is 0 Å². The second kappa shape index (κ2) is 7.82. The molecule has 0 saturated heterocycles. The number of nitrogens with one attached hydrogen (secondary N) is 1. The van der Waals surface area contributed by atoms with Gasteiger partial charge < -0.3 is 5.32 Å². The van der Waals surface area contributed by atoms with E-state index in [1.54, 1.807) is 12.1 Å². The fraction of sp³-hybridized carbons (Fsp3) is 0.381. The van der Waals surface area contributed by atoms with Crippen molar-refractivity contribution in [1.29, 1.82) is 0 Å². The summed E-state index contributed by atoms with van der Waals surface area (Å²) in [4.78, 5) is 12.7. The Bertz CT molecular complexity index is 923. The van der Waals surface area contributed by atoms with E-state index in [2.05, 4.69) is 19.2 Å². The summed E-state index contributed by atoms with van der Waals surface area (Å²) in [7, 11) is -2.25. The normalized spacial score (nSPS) is 18.6. The fourth-order valence-corrected chi connectivity index (χ4v) is 5.05. The Labute approximate surface area is 161 Å². The number of fused-ring (bicyclic) bond motifs is 1. The molecular formula is C21H26N2O3S. The predicted octanol–water partition coefficient (Wildman–Crippen LogP) is 3.06. The molecule has 1 heterocycles. The molecule has 2 atom stereocenters. The average Bonchev–Trinajstić information content (AvgIpc) is 2.71. The topological polar surface area (TPSA) is 66.5 Å². The number of hydrogen-bond acceptors (Lipinski definition) is 3. The van der Waals surface area contributed by atoms with E-state index >= 15 is 0 Å². The second-order valence-electron chi connectivity index (χ2n) is 7.03. The Balaban J connectivity index is 1.99. The molecule has 6 heteroatoms. The Morgan fingerprint density at radius 3 is 2.37 bits per heavy atom. The molecule has 2 aromatic carbocycles. The van der Waals surface area contributed by atoms with E-state index in [-0.39, 0.29) is 17.3 Å². The summed E-state index contributed by atoms with van der Waals surface area (Å²) < 4.78 is 28.0. The van der Waals surface area contributed by atoms with Gasteiger partial charge in [-0.05, 0) is 47.6 Å². The van der Waals surface area contributed by atoms with Gasteiger partial charge in [0.25, 0.3) is 0 Å². The zero-order valence-electron chi connectivity index (χ0n) is 16.0. The van der Waals surface area contributed by atoms with Gasteiger partial charge in [-0.1, -0.05) is 50.2 Å². The molecule has 0 saturated carbocycles. The second-order valence-corrected chi connectivity index (χ2v) is 8.92. The van der Waals surface area contributed by atoms with E-state index in [9.17, 15) is 13.2 Å². The third-order valence-electron chi connectivity index (χ3n) is 5.42. The molecule has 0 fully saturated rings. The van der Waals surface area contributed by atoms with Crippen LogP contribution in [0.4, 0.5) is 0 Å². The molecule has 0 spiro atoms. The monoisotopic (exact) mass is 386 g/mol. The maximum absolute atomic E-state index is 13.3. The molecule has 27 heavy (non-hydrogen) atoms. The van der Waals surface area contributed by atoms with Crippen LogP contribution in [0.1, 0.15) is 42.9 Å². The van der Waals surface area contributed by atoms with Crippen molar-refractivity contribution in [2.75, 3.05) is 7.05 Å². The van der Waals surface area contributed by atoms with Crippen LogP contribution in [0.15, 0.2) is 53.4 Å². The fourth-order valence-electron chi connectivity index (χ4n) is 3.48. The number of benzene rings is 2. The third kappa shape index (κ3) is 3.77. The van der Waals surface area contributed by atoms with Gasteiger partial charge in [0.2, 0.25) is 15.9 Å². The molecule has 0 aliphatic carbocycles. The molecule has 2 aromatic rings. The van der Waals surface area contributed by atoms with Crippen molar-refractivity contribution < 1.29 is 13.2 Å². The minimum Gasteiger partial charge on any atom is -0.358 e. The van der Waals surface area contributed by atoms with Crippen molar-refractivity contribution in [2.45, 2.75) is 50.1 Å². The van der Waals surface area contributed by atoms with Crippen molar-refractivity contribution >= 4 is 15.9 Å². The van der Waals surface area contributed by atoms with Gasteiger partial charge in [0.1, 0.15) is 6.04 Å². The predicted molar refractivity (Wildman–Crippen MR) is 106 cm³/mol. The number of carbonyl (C=O) groups is 1. The van der Waals surface area contributed by atoms with Crippen molar-refractivity contribution in [2.24, 2.45) is 0 Å². The Morgan fingerprint density at radius 2 is 1.78 bits per heavy atom. The van der Waals surface area contributed by atoms with Crippen LogP contribution in [-0.2, 0) is 27.8 Å². The molecule has 5 nitrogen and oxygen atoms in total. The first kappa shape index (κ1) is 19.6. The molecule has 0 bridgehead atoms. The lowest BCUT2D eigenvalue weighted by Crippen LogP contribution is -2.51. The van der Waals surface area contributed by atoms with Gasteiger partial charge in [0, 0.05) is 13.6 Å². The Hall–Kier alpha value is -2.18. The molecular weight excluding hydrogens is 360 g/mol. The average molecular weight is 387 g/mol. The van der Waals surface area contributed by atoms with Crippen LogP contribution in [0.5, 0.6) is 0 Å². The zero-order valence-corrected chi connectivity index (χ0v) is 16.8. The molecule has 0 aromatic heterocycles. The molecule has 1 amide bonds. The minimum absolute atomic E-state index is 0.198. The summed E-state index contributed by atoms with van der Waals surface area (Å²) >= 11 is 0. The third-order valence-corrected chi connectivity index (χ3v) is 7.29. The number of hydrogen-bond donors (Lipinski definition) is 1. The van der Waals surface area contributed by atoms with E-state index in [1.165, 1.54) is 11.4 Å². The largest absolute Gasteiger partial charge is 0.358 e. The summed E-state index contributed by atoms with van der Waals surface area (Å²) in [6, 6.07) is 14.0. The lowest BCUT2D eigenvalue weighted by Gasteiger charge is -2.34. The lowest BCUT2D eigenvalue weighted by atomic mass is 9.95. The number of nitrogens with zero attached hydrogens (tertiary/aromatic N) is 1. The van der Waals surface area contributed by atoms with Crippen LogP contribution in [-0.4, -0.2) is 31.7 Å². The zero-order chi connectivity index (χ0) is 19.6. The number of amides is 1. The van der Waals surface area contributed by atoms with Gasteiger partial charge in [-0.3, -0.25) is 4.79 Å². The smallest absolute Gasteiger partial charge is 0.244 e. The summed E-state index contributed by atoms with van der Waals surface area (Å²) in [5.41, 5.74) is 3.07. The van der Waals surface area contributed by atoms with Gasteiger partial charge >= 0.3 is 0 Å². The Morgan fingerprint density at radius 1 is 1.15 bits per heavy atom. The quantitative estimate of drug-likeness (QED) is 0.859. The Kier molecular flexibility index (Phi) is 5.67.